The van der Waals surface area contributed by atoms with E-state index in [4.69, 9.17) is 46.4 Å². The molecule has 20 heavy (non-hydrogen) atoms. The van der Waals surface area contributed by atoms with Gasteiger partial charge in [0.15, 0.2) is 5.78 Å². The Morgan fingerprint density at radius 3 is 2.35 bits per heavy atom. The zero-order chi connectivity index (χ0) is 15.0. The summed E-state index contributed by atoms with van der Waals surface area (Å²) in [6.07, 6.45) is 0. The Labute approximate surface area is 135 Å². The summed E-state index contributed by atoms with van der Waals surface area (Å²) in [7, 11) is 0. The molecule has 1 nitrogen and oxygen atoms in total. The Morgan fingerprint density at radius 1 is 1.05 bits per heavy atom. The van der Waals surface area contributed by atoms with E-state index >= 15 is 0 Å². The van der Waals surface area contributed by atoms with Crippen LogP contribution in [0.25, 0.3) is 0 Å². The lowest BCUT2D eigenvalue weighted by Gasteiger charge is -2.10. The SMILES string of the molecule is Cc1cccc(C(=O)c2c(Cl)cc(Cl)c(Cl)c2Cl)c1F. The number of hydrogen-bond acceptors (Lipinski definition) is 1. The number of benzene rings is 2. The first-order valence-electron chi connectivity index (χ1n) is 5.47. The fourth-order valence-corrected chi connectivity index (χ4v) is 2.82. The Kier molecular flexibility index (Phi) is 4.60. The van der Waals surface area contributed by atoms with E-state index in [9.17, 15) is 9.18 Å². The van der Waals surface area contributed by atoms with Gasteiger partial charge in [-0.25, -0.2) is 4.39 Å². The molecule has 0 saturated carbocycles. The van der Waals surface area contributed by atoms with Crippen LogP contribution in [0.3, 0.4) is 0 Å². The van der Waals surface area contributed by atoms with Crippen molar-refractivity contribution in [3.63, 3.8) is 0 Å². The van der Waals surface area contributed by atoms with Gasteiger partial charge in [0.05, 0.1) is 31.2 Å². The van der Waals surface area contributed by atoms with Crippen LogP contribution in [0, 0.1) is 12.7 Å². The maximum atomic E-state index is 14.0. The van der Waals surface area contributed by atoms with Crippen LogP contribution >= 0.6 is 46.4 Å². The number of hydrogen-bond donors (Lipinski definition) is 0. The molecule has 104 valence electrons. The van der Waals surface area contributed by atoms with E-state index in [0.29, 0.717) is 5.56 Å². The Bertz CT molecular complexity index is 713. The second kappa shape index (κ2) is 5.90. The summed E-state index contributed by atoms with van der Waals surface area (Å²) in [6, 6.07) is 5.80. The number of carbonyl (C=O) groups excluding carboxylic acids is 1. The van der Waals surface area contributed by atoms with Gasteiger partial charge in [-0.3, -0.25) is 4.79 Å². The van der Waals surface area contributed by atoms with Crippen molar-refractivity contribution < 1.29 is 9.18 Å². The van der Waals surface area contributed by atoms with Crippen molar-refractivity contribution in [1.29, 1.82) is 0 Å². The third kappa shape index (κ3) is 2.66. The summed E-state index contributed by atoms with van der Waals surface area (Å²) in [6.45, 7) is 1.56. The van der Waals surface area contributed by atoms with Crippen LogP contribution in [0.1, 0.15) is 21.5 Å². The van der Waals surface area contributed by atoms with Crippen LogP contribution in [0.2, 0.25) is 20.1 Å². The van der Waals surface area contributed by atoms with Crippen molar-refractivity contribution in [2.45, 2.75) is 6.92 Å². The quantitative estimate of drug-likeness (QED) is 0.369. The Morgan fingerprint density at radius 2 is 1.70 bits per heavy atom. The zero-order valence-corrected chi connectivity index (χ0v) is 13.1. The Hall–Kier alpha value is -0.800. The number of ketones is 1. The maximum absolute atomic E-state index is 14.0. The second-order valence-electron chi connectivity index (χ2n) is 4.11. The molecule has 0 aliphatic heterocycles. The van der Waals surface area contributed by atoms with E-state index < -0.39 is 11.6 Å². The molecule has 0 saturated heterocycles. The molecule has 0 spiro atoms. The highest BCUT2D eigenvalue weighted by Crippen LogP contribution is 2.38. The molecule has 2 aromatic rings. The van der Waals surface area contributed by atoms with Crippen LogP contribution in [0.5, 0.6) is 0 Å². The molecule has 0 radical (unpaired) electrons. The minimum atomic E-state index is -0.639. The smallest absolute Gasteiger partial charge is 0.199 e. The van der Waals surface area contributed by atoms with Crippen molar-refractivity contribution in [3.8, 4) is 0 Å². The zero-order valence-electron chi connectivity index (χ0n) is 10.1. The maximum Gasteiger partial charge on any atom is 0.199 e. The fraction of sp³-hybridized carbons (Fsp3) is 0.0714. The summed E-state index contributed by atoms with van der Waals surface area (Å²) in [4.78, 5) is 12.4. The fourth-order valence-electron chi connectivity index (χ4n) is 1.73. The van der Waals surface area contributed by atoms with Crippen LogP contribution in [-0.2, 0) is 0 Å². The molecule has 0 heterocycles. The molecule has 0 unspecified atom stereocenters. The molecular formula is C14H7Cl4FO. The van der Waals surface area contributed by atoms with E-state index in [0.717, 1.165) is 0 Å². The molecule has 0 aliphatic carbocycles. The van der Waals surface area contributed by atoms with E-state index in [2.05, 4.69) is 0 Å². The minimum Gasteiger partial charge on any atom is -0.288 e. The summed E-state index contributed by atoms with van der Waals surface area (Å²) < 4.78 is 14.0. The molecule has 0 bridgehead atoms. The predicted octanol–water partition coefficient (Wildman–Crippen LogP) is 5.98. The topological polar surface area (TPSA) is 17.1 Å². The number of carbonyl (C=O) groups is 1. The highest BCUT2D eigenvalue weighted by molar-refractivity contribution is 6.51. The summed E-state index contributed by atoms with van der Waals surface area (Å²) in [5.41, 5.74) is 0.169. The molecule has 6 heteroatoms. The van der Waals surface area contributed by atoms with Gasteiger partial charge in [0.2, 0.25) is 0 Å². The highest BCUT2D eigenvalue weighted by Gasteiger charge is 2.23. The largest absolute Gasteiger partial charge is 0.288 e. The van der Waals surface area contributed by atoms with Gasteiger partial charge < -0.3 is 0 Å². The molecule has 2 rings (SSSR count). The predicted molar refractivity (Wildman–Crippen MR) is 81.1 cm³/mol. The number of rotatable bonds is 2. The molecule has 0 fully saturated rings. The Balaban J connectivity index is 2.66. The average Bonchev–Trinajstić information content (AvgIpc) is 2.39. The van der Waals surface area contributed by atoms with Gasteiger partial charge in [0, 0.05) is 0 Å². The molecule has 0 amide bonds. The molecular weight excluding hydrogens is 345 g/mol. The first kappa shape index (κ1) is 15.6. The van der Waals surface area contributed by atoms with Crippen LogP contribution in [-0.4, -0.2) is 5.78 Å². The van der Waals surface area contributed by atoms with E-state index in [1.807, 2.05) is 0 Å². The van der Waals surface area contributed by atoms with Crippen molar-refractivity contribution in [3.05, 3.63) is 66.9 Å². The second-order valence-corrected chi connectivity index (χ2v) is 5.68. The van der Waals surface area contributed by atoms with E-state index in [-0.39, 0.29) is 31.2 Å². The van der Waals surface area contributed by atoms with Gasteiger partial charge in [-0.2, -0.15) is 0 Å². The molecule has 0 atom stereocenters. The molecule has 0 N–H and O–H groups in total. The monoisotopic (exact) mass is 350 g/mol. The van der Waals surface area contributed by atoms with Gasteiger partial charge in [0.25, 0.3) is 0 Å². The summed E-state index contributed by atoms with van der Waals surface area (Å²) >= 11 is 23.7. The number of aryl methyl sites for hydroxylation is 1. The third-order valence-corrected chi connectivity index (χ3v) is 4.34. The summed E-state index contributed by atoms with van der Waals surface area (Å²) in [5, 5.41) is 0.0717. The lowest BCUT2D eigenvalue weighted by atomic mass is 10.0. The van der Waals surface area contributed by atoms with Gasteiger partial charge in [-0.05, 0) is 24.6 Å². The number of halogens is 5. The van der Waals surface area contributed by atoms with Crippen molar-refractivity contribution in [2.75, 3.05) is 0 Å². The van der Waals surface area contributed by atoms with Crippen LogP contribution in [0.4, 0.5) is 4.39 Å². The van der Waals surface area contributed by atoms with Gasteiger partial charge >= 0.3 is 0 Å². The van der Waals surface area contributed by atoms with E-state index in [1.165, 1.54) is 12.1 Å². The summed E-state index contributed by atoms with van der Waals surface area (Å²) in [5.74, 6) is -1.25. The third-order valence-electron chi connectivity index (χ3n) is 2.78. The lowest BCUT2D eigenvalue weighted by molar-refractivity contribution is 0.103. The molecule has 2 aromatic carbocycles. The van der Waals surface area contributed by atoms with Gasteiger partial charge in [0.1, 0.15) is 5.82 Å². The minimum absolute atomic E-state index is 0.00847. The lowest BCUT2D eigenvalue weighted by Crippen LogP contribution is -2.07. The van der Waals surface area contributed by atoms with Gasteiger partial charge in [-0.1, -0.05) is 58.5 Å². The highest BCUT2D eigenvalue weighted by atomic mass is 35.5. The average molecular weight is 352 g/mol. The van der Waals surface area contributed by atoms with Crippen molar-refractivity contribution >= 4 is 52.2 Å². The van der Waals surface area contributed by atoms with Crippen LogP contribution < -0.4 is 0 Å². The first-order valence-corrected chi connectivity index (χ1v) is 6.98. The molecule has 0 aliphatic rings. The standard InChI is InChI=1S/C14H7Cl4FO/c1-6-3-2-4-7(13(6)19)14(20)10-8(15)5-9(16)11(17)12(10)18/h2-5H,1H3. The van der Waals surface area contributed by atoms with Crippen molar-refractivity contribution in [2.24, 2.45) is 0 Å². The van der Waals surface area contributed by atoms with E-state index in [1.54, 1.807) is 19.1 Å². The van der Waals surface area contributed by atoms with Gasteiger partial charge in [-0.15, -0.1) is 0 Å². The first-order chi connectivity index (χ1) is 9.34. The normalized spacial score (nSPS) is 10.7. The van der Waals surface area contributed by atoms with Crippen LogP contribution in [0.15, 0.2) is 24.3 Å². The molecule has 0 aromatic heterocycles. The van der Waals surface area contributed by atoms with Crippen molar-refractivity contribution in [1.82, 2.24) is 0 Å².